The topological polar surface area (TPSA) is 27.0 Å². The van der Waals surface area contributed by atoms with Crippen molar-refractivity contribution in [3.05, 3.63) is 59.4 Å². The van der Waals surface area contributed by atoms with Crippen molar-refractivity contribution in [2.24, 2.45) is 0 Å². The summed E-state index contributed by atoms with van der Waals surface area (Å²) in [7, 11) is 1.84. The number of alkyl halides is 1. The molecular weight excluding hydrogens is 263 g/mol. The van der Waals surface area contributed by atoms with Gasteiger partial charge >= 0.3 is 0 Å². The van der Waals surface area contributed by atoms with E-state index >= 15 is 0 Å². The van der Waals surface area contributed by atoms with Crippen LogP contribution in [0.25, 0.3) is 0 Å². The summed E-state index contributed by atoms with van der Waals surface area (Å²) in [5.41, 5.74) is 2.93. The van der Waals surface area contributed by atoms with Gasteiger partial charge in [-0.1, -0.05) is 0 Å². The summed E-state index contributed by atoms with van der Waals surface area (Å²) in [6, 6.07) is 13.9. The number of benzene rings is 2. The van der Waals surface area contributed by atoms with E-state index in [4.69, 9.17) is 16.9 Å². The van der Waals surface area contributed by atoms with E-state index in [0.29, 0.717) is 5.56 Å². The van der Waals surface area contributed by atoms with Crippen molar-refractivity contribution in [1.29, 1.82) is 5.26 Å². The van der Waals surface area contributed by atoms with Crippen LogP contribution in [0.3, 0.4) is 0 Å². The van der Waals surface area contributed by atoms with Gasteiger partial charge in [0.15, 0.2) is 0 Å². The number of nitriles is 1. The minimum Gasteiger partial charge on any atom is -0.345 e. The van der Waals surface area contributed by atoms with Gasteiger partial charge in [0.25, 0.3) is 0 Å². The molecule has 0 spiro atoms. The third-order valence-corrected chi connectivity index (χ3v) is 3.18. The molecule has 96 valence electrons. The largest absolute Gasteiger partial charge is 0.345 e. The highest BCUT2D eigenvalue weighted by Crippen LogP contribution is 2.26. The summed E-state index contributed by atoms with van der Waals surface area (Å²) in [5.74, 6) is -0.0416. The van der Waals surface area contributed by atoms with Gasteiger partial charge in [-0.25, -0.2) is 4.39 Å². The Hall–Kier alpha value is -2.05. The van der Waals surface area contributed by atoms with E-state index in [9.17, 15) is 4.39 Å². The van der Waals surface area contributed by atoms with E-state index in [2.05, 4.69) is 6.07 Å². The fourth-order valence-corrected chi connectivity index (χ4v) is 1.97. The van der Waals surface area contributed by atoms with Crippen LogP contribution in [0.1, 0.15) is 11.1 Å². The summed E-state index contributed by atoms with van der Waals surface area (Å²) in [6.07, 6.45) is 0. The zero-order valence-corrected chi connectivity index (χ0v) is 11.2. The van der Waals surface area contributed by atoms with Gasteiger partial charge in [-0.05, 0) is 48.0 Å². The second-order valence-corrected chi connectivity index (χ2v) is 4.44. The second kappa shape index (κ2) is 5.73. The minimum atomic E-state index is -0.311. The fourth-order valence-electron chi connectivity index (χ4n) is 1.81. The normalized spacial score (nSPS) is 10.0. The first-order valence-electron chi connectivity index (χ1n) is 5.73. The number of halogens is 2. The zero-order chi connectivity index (χ0) is 13.8. The van der Waals surface area contributed by atoms with Crippen molar-refractivity contribution in [3.63, 3.8) is 0 Å². The average Bonchev–Trinajstić information content (AvgIpc) is 2.46. The molecule has 0 radical (unpaired) electrons. The third-order valence-electron chi connectivity index (χ3n) is 2.87. The number of rotatable bonds is 3. The van der Waals surface area contributed by atoms with Crippen molar-refractivity contribution in [2.45, 2.75) is 5.88 Å². The lowest BCUT2D eigenvalue weighted by Crippen LogP contribution is -2.10. The quantitative estimate of drug-likeness (QED) is 0.784. The number of hydrogen-bond acceptors (Lipinski definition) is 2. The lowest BCUT2D eigenvalue weighted by atomic mass is 10.1. The summed E-state index contributed by atoms with van der Waals surface area (Å²) in [5, 5.41) is 8.76. The Labute approximate surface area is 116 Å². The highest BCUT2D eigenvalue weighted by atomic mass is 35.5. The fraction of sp³-hybridized carbons (Fsp3) is 0.133. The van der Waals surface area contributed by atoms with E-state index in [1.54, 1.807) is 12.1 Å². The molecule has 0 aliphatic heterocycles. The van der Waals surface area contributed by atoms with Crippen molar-refractivity contribution >= 4 is 23.0 Å². The van der Waals surface area contributed by atoms with Gasteiger partial charge < -0.3 is 4.90 Å². The molecule has 0 aromatic heterocycles. The lowest BCUT2D eigenvalue weighted by Gasteiger charge is -2.20. The molecule has 0 atom stereocenters. The first kappa shape index (κ1) is 13.4. The Morgan fingerprint density at radius 1 is 1.16 bits per heavy atom. The molecule has 2 aromatic rings. The van der Waals surface area contributed by atoms with E-state index in [-0.39, 0.29) is 11.7 Å². The molecule has 0 N–H and O–H groups in total. The molecule has 0 fully saturated rings. The molecule has 2 rings (SSSR count). The second-order valence-electron chi connectivity index (χ2n) is 4.17. The Bertz CT molecular complexity index is 617. The molecule has 0 aliphatic carbocycles. The molecule has 0 saturated heterocycles. The molecule has 0 unspecified atom stereocenters. The van der Waals surface area contributed by atoms with Gasteiger partial charge in [0.05, 0.1) is 11.6 Å². The molecule has 2 aromatic carbocycles. The third kappa shape index (κ3) is 3.04. The van der Waals surface area contributed by atoms with E-state index < -0.39 is 0 Å². The highest BCUT2D eigenvalue weighted by Gasteiger charge is 2.07. The van der Waals surface area contributed by atoms with Crippen LogP contribution < -0.4 is 4.90 Å². The maximum Gasteiger partial charge on any atom is 0.125 e. The molecule has 4 heteroatoms. The molecule has 19 heavy (non-hydrogen) atoms. The molecule has 0 bridgehead atoms. The number of nitrogens with zero attached hydrogens (tertiary/aromatic N) is 2. The highest BCUT2D eigenvalue weighted by molar-refractivity contribution is 6.17. The smallest absolute Gasteiger partial charge is 0.125 e. The molecule has 0 amide bonds. The van der Waals surface area contributed by atoms with Crippen LogP contribution in [-0.4, -0.2) is 7.05 Å². The van der Waals surface area contributed by atoms with Gasteiger partial charge in [0.2, 0.25) is 0 Å². The Morgan fingerprint density at radius 2 is 1.84 bits per heavy atom. The van der Waals surface area contributed by atoms with Gasteiger partial charge in [0, 0.05) is 24.3 Å². The number of anilines is 2. The van der Waals surface area contributed by atoms with E-state index in [1.807, 2.05) is 30.1 Å². The summed E-state index contributed by atoms with van der Waals surface area (Å²) in [6.45, 7) is 0. The molecule has 0 saturated carbocycles. The van der Waals surface area contributed by atoms with Gasteiger partial charge in [0.1, 0.15) is 5.82 Å². The molecule has 0 heterocycles. The Kier molecular flexibility index (Phi) is 4.03. The van der Waals surface area contributed by atoms with E-state index in [0.717, 1.165) is 16.9 Å². The van der Waals surface area contributed by atoms with Crippen LogP contribution in [0.4, 0.5) is 15.8 Å². The lowest BCUT2D eigenvalue weighted by molar-refractivity contribution is 0.626. The van der Waals surface area contributed by atoms with Crippen molar-refractivity contribution in [3.8, 4) is 6.07 Å². The van der Waals surface area contributed by atoms with Crippen LogP contribution in [0.5, 0.6) is 0 Å². The maximum absolute atomic E-state index is 13.5. The predicted octanol–water partition coefficient (Wildman–Crippen LogP) is 4.20. The first-order chi connectivity index (χ1) is 9.13. The van der Waals surface area contributed by atoms with Crippen LogP contribution in [-0.2, 0) is 5.88 Å². The number of hydrogen-bond donors (Lipinski definition) is 0. The predicted molar refractivity (Wildman–Crippen MR) is 75.2 cm³/mol. The van der Waals surface area contributed by atoms with Crippen LogP contribution in [0, 0.1) is 17.1 Å². The van der Waals surface area contributed by atoms with Crippen molar-refractivity contribution in [1.82, 2.24) is 0 Å². The molecular formula is C15H12ClFN2. The maximum atomic E-state index is 13.5. The van der Waals surface area contributed by atoms with Gasteiger partial charge in [-0.15, -0.1) is 11.6 Å². The standard InChI is InChI=1S/C15H12ClFN2/c1-19(14-4-2-11(10-18)3-5-14)15-7-12(9-16)6-13(17)8-15/h2-8H,9H2,1H3. The van der Waals surface area contributed by atoms with Crippen LogP contribution >= 0.6 is 11.6 Å². The average molecular weight is 275 g/mol. The van der Waals surface area contributed by atoms with Crippen LogP contribution in [0.15, 0.2) is 42.5 Å². The van der Waals surface area contributed by atoms with E-state index in [1.165, 1.54) is 12.1 Å². The van der Waals surface area contributed by atoms with Crippen molar-refractivity contribution < 1.29 is 4.39 Å². The Balaban J connectivity index is 2.35. The molecule has 2 nitrogen and oxygen atoms in total. The van der Waals surface area contributed by atoms with Crippen molar-refractivity contribution in [2.75, 3.05) is 11.9 Å². The summed E-state index contributed by atoms with van der Waals surface area (Å²) >= 11 is 5.74. The van der Waals surface area contributed by atoms with Gasteiger partial charge in [-0.2, -0.15) is 5.26 Å². The van der Waals surface area contributed by atoms with Gasteiger partial charge in [-0.3, -0.25) is 0 Å². The summed E-state index contributed by atoms with van der Waals surface area (Å²) in [4.78, 5) is 1.85. The monoisotopic (exact) mass is 274 g/mol. The Morgan fingerprint density at radius 3 is 2.42 bits per heavy atom. The first-order valence-corrected chi connectivity index (χ1v) is 6.27. The zero-order valence-electron chi connectivity index (χ0n) is 10.4. The minimum absolute atomic E-state index is 0.270. The SMILES string of the molecule is CN(c1ccc(C#N)cc1)c1cc(F)cc(CCl)c1. The van der Waals surface area contributed by atoms with Crippen LogP contribution in [0.2, 0.25) is 0 Å². The molecule has 0 aliphatic rings. The summed E-state index contributed by atoms with van der Waals surface area (Å²) < 4.78 is 13.5.